The maximum absolute atomic E-state index is 13.7. The van der Waals surface area contributed by atoms with E-state index in [0.29, 0.717) is 263 Å². The van der Waals surface area contributed by atoms with E-state index in [1.165, 1.54) is 12.1 Å². The number of rotatable bonds is 56. The van der Waals surface area contributed by atoms with Crippen molar-refractivity contribution < 1.29 is 99.6 Å². The highest BCUT2D eigenvalue weighted by atomic mass is 19.1. The minimum Gasteiger partial charge on any atom is -0.382 e. The molecule has 133 heavy (non-hydrogen) atoms. The first-order valence-electron chi connectivity index (χ1n) is 44.9. The number of nitrogens with two attached hydrogens (primary N) is 1. The van der Waals surface area contributed by atoms with Crippen molar-refractivity contribution in [3.05, 3.63) is 173 Å². The summed E-state index contributed by atoms with van der Waals surface area (Å²) < 4.78 is 83.4. The van der Waals surface area contributed by atoms with E-state index in [-0.39, 0.29) is 40.3 Å². The number of amides is 8. The van der Waals surface area contributed by atoms with Crippen molar-refractivity contribution >= 4 is 98.3 Å². The molecule has 4 aromatic carbocycles. The van der Waals surface area contributed by atoms with Crippen LogP contribution >= 0.6 is 0 Å². The molecule has 712 valence electrons. The third-order valence-electron chi connectivity index (χ3n) is 20.9. The SMILES string of the molecule is CCCn1cc(-c2nc(Nc3ccc(C(=O)NCCOCCOCCOCCOCCOCCOCCN)cc3)nc3[nH]ccc23)cn1.CCCn1cc(-c2nc(Nc3ccc(C(=O)NCCOCCOCCOCCOCCOCCOCCNc4cccc5c4C(=O)N(C4CCCNC4=O)C5=O)cc3)nc3[nH]ccc23)cn1.O=C1NCCCC1N1C(=O)c2cccc(F)c2C1=O. The average molecular weight is 1840 g/mol. The quantitative estimate of drug-likeness (QED) is 0.0132. The number of hydrogen-bond acceptors (Lipinski definition) is 30. The van der Waals surface area contributed by atoms with Crippen molar-refractivity contribution in [2.45, 2.75) is 77.5 Å². The second-order valence-electron chi connectivity index (χ2n) is 30.5. The van der Waals surface area contributed by atoms with E-state index in [1.54, 1.807) is 42.5 Å². The summed E-state index contributed by atoms with van der Waals surface area (Å²) in [5.41, 5.74) is 13.7. The third-order valence-corrected chi connectivity index (χ3v) is 20.9. The Bertz CT molecular complexity index is 5390. The number of H-pyrrole nitrogens is 2. The van der Waals surface area contributed by atoms with Crippen molar-refractivity contribution in [3.63, 3.8) is 0 Å². The van der Waals surface area contributed by atoms with Crippen molar-refractivity contribution in [2.75, 3.05) is 214 Å². The molecule has 11 N–H and O–H groups in total. The first-order chi connectivity index (χ1) is 65.2. The molecular weight excluding hydrogens is 1720 g/mol. The Kier molecular flexibility index (Phi) is 40.3. The van der Waals surface area contributed by atoms with Crippen molar-refractivity contribution in [1.29, 1.82) is 0 Å². The summed E-state index contributed by atoms with van der Waals surface area (Å²) >= 11 is 0. The maximum Gasteiger partial charge on any atom is 0.265 e. The number of anilines is 5. The number of fused-ring (bicyclic) bond motifs is 4. The Balaban J connectivity index is 0.000000206. The molecule has 2 saturated heterocycles. The lowest BCUT2D eigenvalue weighted by atomic mass is 10.1. The van der Waals surface area contributed by atoms with Gasteiger partial charge in [-0.25, -0.2) is 14.4 Å². The number of halogens is 1. The predicted molar refractivity (Wildman–Crippen MR) is 488 cm³/mol. The zero-order valence-electron chi connectivity index (χ0n) is 74.8. The summed E-state index contributed by atoms with van der Waals surface area (Å²) in [5, 5.41) is 31.5. The number of aryl methyl sites for hydroxylation is 2. The van der Waals surface area contributed by atoms with Crippen molar-refractivity contribution in [1.82, 2.24) is 80.5 Å². The number of nitrogens with zero attached hydrogens (tertiary/aromatic N) is 10. The van der Waals surface area contributed by atoms with E-state index in [0.717, 1.165) is 92.1 Å². The Morgan fingerprint density at radius 3 is 1.19 bits per heavy atom. The number of piperidine rings is 2. The molecule has 0 aliphatic carbocycles. The van der Waals surface area contributed by atoms with Gasteiger partial charge < -0.3 is 110 Å². The molecule has 10 aromatic rings. The van der Waals surface area contributed by atoms with Crippen LogP contribution in [0.1, 0.15) is 115 Å². The zero-order valence-corrected chi connectivity index (χ0v) is 74.8. The number of hydrogen-bond donors (Lipinski definition) is 10. The molecule has 2 unspecified atom stereocenters. The minimum absolute atomic E-state index is 0.0309. The van der Waals surface area contributed by atoms with E-state index in [4.69, 9.17) is 72.5 Å². The van der Waals surface area contributed by atoms with Crippen molar-refractivity contribution in [3.8, 4) is 22.5 Å². The van der Waals surface area contributed by atoms with Gasteiger partial charge in [0, 0.05) is 127 Å². The Morgan fingerprint density at radius 1 is 0.436 bits per heavy atom. The molecule has 0 saturated carbocycles. The summed E-state index contributed by atoms with van der Waals surface area (Å²) in [6, 6.07) is 25.5. The van der Waals surface area contributed by atoms with Crippen LogP contribution in [0.2, 0.25) is 0 Å². The monoisotopic (exact) mass is 1840 g/mol. The van der Waals surface area contributed by atoms with E-state index < -0.39 is 41.5 Å². The highest BCUT2D eigenvalue weighted by molar-refractivity contribution is 6.25. The van der Waals surface area contributed by atoms with Crippen LogP contribution in [0.15, 0.2) is 134 Å². The fourth-order valence-electron chi connectivity index (χ4n) is 14.5. The maximum atomic E-state index is 13.7. The molecule has 2 atom stereocenters. The summed E-state index contributed by atoms with van der Waals surface area (Å²) in [4.78, 5) is 127. The molecule has 10 heterocycles. The van der Waals surface area contributed by atoms with E-state index in [9.17, 15) is 42.7 Å². The van der Waals surface area contributed by atoms with Gasteiger partial charge in [-0.2, -0.15) is 20.2 Å². The molecule has 2 fully saturated rings. The molecular formula is C92H117FN20O20. The molecule has 4 aliphatic heterocycles. The Hall–Kier alpha value is -12.5. The molecule has 14 rings (SSSR count). The molecule has 40 nitrogen and oxygen atoms in total. The number of benzene rings is 4. The van der Waals surface area contributed by atoms with Crippen LogP contribution in [0.4, 0.5) is 33.3 Å². The van der Waals surface area contributed by atoms with Gasteiger partial charge in [-0.15, -0.1) is 0 Å². The van der Waals surface area contributed by atoms with Crippen LogP contribution in [0.5, 0.6) is 0 Å². The molecule has 0 spiro atoms. The van der Waals surface area contributed by atoms with Gasteiger partial charge in [0.2, 0.25) is 23.7 Å². The average Bonchev–Trinajstić information content (AvgIpc) is 1.59. The number of imide groups is 2. The van der Waals surface area contributed by atoms with E-state index in [1.807, 2.05) is 82.9 Å². The Labute approximate surface area is 767 Å². The van der Waals surface area contributed by atoms with Gasteiger partial charge in [0.05, 0.1) is 205 Å². The lowest BCUT2D eigenvalue weighted by molar-refractivity contribution is -0.127. The van der Waals surface area contributed by atoms with Crippen molar-refractivity contribution in [2.24, 2.45) is 5.73 Å². The van der Waals surface area contributed by atoms with Gasteiger partial charge in [0.1, 0.15) is 29.2 Å². The zero-order chi connectivity index (χ0) is 93.1. The smallest absolute Gasteiger partial charge is 0.265 e. The number of aromatic nitrogens is 10. The highest BCUT2D eigenvalue weighted by Gasteiger charge is 2.46. The Morgan fingerprint density at radius 2 is 0.805 bits per heavy atom. The van der Waals surface area contributed by atoms with E-state index in [2.05, 4.69) is 81.2 Å². The molecule has 8 amide bonds. The molecule has 0 bridgehead atoms. The summed E-state index contributed by atoms with van der Waals surface area (Å²) in [7, 11) is 0. The largest absolute Gasteiger partial charge is 0.382 e. The van der Waals surface area contributed by atoms with Crippen LogP contribution in [-0.2, 0) is 79.5 Å². The number of aromatic amines is 2. The fraction of sp³-hybridized carbons (Fsp3) is 0.457. The van der Waals surface area contributed by atoms with Crippen LogP contribution in [0.3, 0.4) is 0 Å². The number of nitrogens with one attached hydrogen (secondary N) is 9. The van der Waals surface area contributed by atoms with Gasteiger partial charge >= 0.3 is 0 Å². The van der Waals surface area contributed by atoms with Crippen LogP contribution in [0.25, 0.3) is 44.6 Å². The highest BCUT2D eigenvalue weighted by Crippen LogP contribution is 2.35. The van der Waals surface area contributed by atoms with Crippen LogP contribution < -0.4 is 43.0 Å². The fourth-order valence-corrected chi connectivity index (χ4v) is 14.5. The van der Waals surface area contributed by atoms with Gasteiger partial charge in [0.25, 0.3) is 35.4 Å². The van der Waals surface area contributed by atoms with Gasteiger partial charge in [0.15, 0.2) is 0 Å². The number of ether oxygens (including phenoxy) is 12. The van der Waals surface area contributed by atoms with Gasteiger partial charge in [-0.3, -0.25) is 57.5 Å². The number of carbonyl (C=O) groups excluding carboxylic acids is 8. The van der Waals surface area contributed by atoms with Crippen LogP contribution in [0, 0.1) is 5.82 Å². The first kappa shape index (κ1) is 99.5. The summed E-state index contributed by atoms with van der Waals surface area (Å²) in [6.07, 6.45) is 15.6. The standard InChI is InChI=1S/C46H58N10O10.C33H48N8O7.C13H11FN2O3/c1-2-17-55-31-33(30-51-55)40-36-12-14-48-41(36)54-46(53-40)52-34-10-8-32(9-11-34)42(57)50-16-19-62-21-23-64-25-27-66-29-28-65-26-24-63-22-20-61-18-15-47-37-6-3-5-35-39(37)45(60)56(44(35)59)38-7-4-13-49-43(38)58;1-2-11-41-25-27(24-37-41)30-29-7-9-35-31(29)40-33(39-30)38-28-5-3-26(4-6-28)32(42)36-10-13-44-15-17-46-19-21-48-23-22-47-20-18-45-16-14-43-12-8-34;14-8-4-1-3-7-10(8)13(19)16(12(7)18)9-5-2-6-15-11(9)17/h3,5-6,8-12,14,30-31,38,47H,2,4,7,13,15-29H2,1H3,(H,49,58)(H,50,57)(H2,48,52,53,54);3-7,9,24-25H,2,8,10-23,34H2,1H3,(H,36,42)(H2,35,38,39,40);1,3-4,9H,2,5-6H2,(H,15,17). The molecule has 0 radical (unpaired) electrons. The second kappa shape index (κ2) is 53.9. The topological polar surface area (TPSA) is 483 Å². The summed E-state index contributed by atoms with van der Waals surface area (Å²) in [5.74, 6) is -3.11. The lowest BCUT2D eigenvalue weighted by Crippen LogP contribution is -2.52. The van der Waals surface area contributed by atoms with E-state index >= 15 is 0 Å². The van der Waals surface area contributed by atoms with Gasteiger partial charge in [-0.05, 0) is 123 Å². The molecule has 6 aromatic heterocycles. The number of carbonyl (C=O) groups is 8. The van der Waals surface area contributed by atoms with Crippen LogP contribution in [-0.4, -0.2) is 316 Å². The van der Waals surface area contributed by atoms with Gasteiger partial charge in [-0.1, -0.05) is 26.0 Å². The minimum atomic E-state index is -0.833. The predicted octanol–water partition coefficient (Wildman–Crippen LogP) is 7.25. The third kappa shape index (κ3) is 29.5. The molecule has 4 aliphatic rings. The second-order valence-corrected chi connectivity index (χ2v) is 30.5. The molecule has 41 heteroatoms. The lowest BCUT2D eigenvalue weighted by Gasteiger charge is -2.28. The summed E-state index contributed by atoms with van der Waals surface area (Å²) in [6.45, 7) is 19.3. The first-order valence-corrected chi connectivity index (χ1v) is 44.9. The normalized spacial score (nSPS) is 14.6.